The molecule has 7 nitrogen and oxygen atoms in total. The first kappa shape index (κ1) is 23.8. The van der Waals surface area contributed by atoms with Gasteiger partial charge < -0.3 is 15.1 Å². The Kier molecular flexibility index (Phi) is 7.00. The Morgan fingerprint density at radius 3 is 2.71 bits per heavy atom. The molecular weight excluding hydrogens is 449 g/mol. The minimum absolute atomic E-state index is 0.0000574. The van der Waals surface area contributed by atoms with Gasteiger partial charge in [-0.25, -0.2) is 10.4 Å². The van der Waals surface area contributed by atoms with Crippen molar-refractivity contribution in [1.29, 1.82) is 0 Å². The molecule has 1 saturated heterocycles. The summed E-state index contributed by atoms with van der Waals surface area (Å²) >= 11 is 0. The van der Waals surface area contributed by atoms with E-state index in [-0.39, 0.29) is 29.7 Å². The van der Waals surface area contributed by atoms with Crippen LogP contribution in [0.5, 0.6) is 0 Å². The number of aromatic nitrogens is 1. The molecule has 4 aliphatic rings. The Balaban J connectivity index is 1.31. The van der Waals surface area contributed by atoms with Gasteiger partial charge >= 0.3 is 6.36 Å². The fraction of sp³-hybridized carbons (Fsp3) is 0.750. The van der Waals surface area contributed by atoms with E-state index < -0.39 is 12.5 Å². The molecular formula is C24H33F3N4O3. The number of ether oxygens (including phenoxy) is 2. The van der Waals surface area contributed by atoms with Gasteiger partial charge in [0.25, 0.3) is 0 Å². The Bertz CT molecular complexity index is 878. The van der Waals surface area contributed by atoms with Crippen LogP contribution in [-0.2, 0) is 14.3 Å². The van der Waals surface area contributed by atoms with Crippen LogP contribution in [0.2, 0.25) is 0 Å². The average molecular weight is 483 g/mol. The minimum atomic E-state index is -4.64. The number of nitrogens with one attached hydrogen (secondary N) is 2. The Morgan fingerprint density at radius 2 is 1.91 bits per heavy atom. The van der Waals surface area contributed by atoms with Crippen LogP contribution in [0.4, 0.5) is 19.0 Å². The minimum Gasteiger partial charge on any atom is -0.378 e. The smallest absolute Gasteiger partial charge is 0.378 e. The first-order valence-corrected chi connectivity index (χ1v) is 12.5. The highest BCUT2D eigenvalue weighted by Crippen LogP contribution is 2.44. The molecule has 5 unspecified atom stereocenters. The number of amides is 1. The number of pyridine rings is 1. The van der Waals surface area contributed by atoms with Crippen molar-refractivity contribution in [3.8, 4) is 0 Å². The van der Waals surface area contributed by atoms with Gasteiger partial charge in [-0.1, -0.05) is 19.3 Å². The summed E-state index contributed by atoms with van der Waals surface area (Å²) in [6, 6.07) is 1.80. The van der Waals surface area contributed by atoms with E-state index in [1.165, 1.54) is 0 Å². The summed E-state index contributed by atoms with van der Waals surface area (Å²) in [7, 11) is 0. The number of rotatable bonds is 4. The predicted octanol–water partition coefficient (Wildman–Crippen LogP) is 4.28. The second-order valence-electron chi connectivity index (χ2n) is 10.0. The zero-order valence-electron chi connectivity index (χ0n) is 19.3. The Labute approximate surface area is 197 Å². The number of carbonyl (C=O) groups excluding carboxylic acids is 1. The van der Waals surface area contributed by atoms with Gasteiger partial charge in [0.15, 0.2) is 0 Å². The Morgan fingerprint density at radius 1 is 1.12 bits per heavy atom. The van der Waals surface area contributed by atoms with Crippen molar-refractivity contribution < 1.29 is 27.4 Å². The molecule has 188 valence electrons. The number of nitrogens with zero attached hydrogens (tertiary/aromatic N) is 2. The van der Waals surface area contributed by atoms with E-state index in [0.717, 1.165) is 49.7 Å². The van der Waals surface area contributed by atoms with Crippen molar-refractivity contribution in [2.24, 2.45) is 11.8 Å². The third-order valence-corrected chi connectivity index (χ3v) is 7.90. The molecule has 2 aliphatic carbocycles. The maximum atomic E-state index is 13.1. The number of hydrogen-bond donors (Lipinski definition) is 2. The lowest BCUT2D eigenvalue weighted by molar-refractivity contribution is -0.351. The van der Waals surface area contributed by atoms with Crippen molar-refractivity contribution in [3.05, 3.63) is 23.4 Å². The van der Waals surface area contributed by atoms with Gasteiger partial charge in [-0.15, -0.1) is 13.2 Å². The van der Waals surface area contributed by atoms with E-state index in [1.54, 1.807) is 0 Å². The van der Waals surface area contributed by atoms with Gasteiger partial charge in [0.2, 0.25) is 5.91 Å². The topological polar surface area (TPSA) is 75.7 Å². The molecule has 0 radical (unpaired) electrons. The predicted molar refractivity (Wildman–Crippen MR) is 119 cm³/mol. The number of anilines is 1. The SMILES string of the molecule is O=C(C1CCCC(c2cnc3c(c2)C(C2CCCCC2OC(F)(F)F)NN3)C1)N1CCOCC1. The van der Waals surface area contributed by atoms with Crippen molar-refractivity contribution in [3.63, 3.8) is 0 Å². The summed E-state index contributed by atoms with van der Waals surface area (Å²) in [6.45, 7) is 2.50. The lowest BCUT2D eigenvalue weighted by atomic mass is 9.76. The van der Waals surface area contributed by atoms with E-state index in [9.17, 15) is 18.0 Å². The first-order valence-electron chi connectivity index (χ1n) is 12.5. The number of hydrogen-bond acceptors (Lipinski definition) is 6. The second-order valence-corrected chi connectivity index (χ2v) is 10.0. The molecule has 5 rings (SSSR count). The highest BCUT2D eigenvalue weighted by Gasteiger charge is 2.43. The van der Waals surface area contributed by atoms with Gasteiger partial charge in [0, 0.05) is 36.7 Å². The van der Waals surface area contributed by atoms with Gasteiger partial charge in [0.05, 0.1) is 25.4 Å². The van der Waals surface area contributed by atoms with Crippen LogP contribution in [0.25, 0.3) is 0 Å². The molecule has 5 atom stereocenters. The fourth-order valence-electron chi connectivity index (χ4n) is 6.21. The number of carbonyl (C=O) groups is 1. The van der Waals surface area contributed by atoms with Gasteiger partial charge in [-0.3, -0.25) is 9.53 Å². The van der Waals surface area contributed by atoms with E-state index in [0.29, 0.717) is 45.0 Å². The molecule has 0 bridgehead atoms. The Hall–Kier alpha value is -1.91. The first-order chi connectivity index (χ1) is 16.4. The lowest BCUT2D eigenvalue weighted by Crippen LogP contribution is -2.44. The molecule has 10 heteroatoms. The van der Waals surface area contributed by atoms with E-state index >= 15 is 0 Å². The number of morpholine rings is 1. The quantitative estimate of drug-likeness (QED) is 0.667. The highest BCUT2D eigenvalue weighted by molar-refractivity contribution is 5.79. The highest BCUT2D eigenvalue weighted by atomic mass is 19.4. The van der Waals surface area contributed by atoms with Gasteiger partial charge in [-0.05, 0) is 49.7 Å². The lowest BCUT2D eigenvalue weighted by Gasteiger charge is -2.36. The summed E-state index contributed by atoms with van der Waals surface area (Å²) in [6.07, 6.45) is 2.69. The van der Waals surface area contributed by atoms with Crippen LogP contribution in [0, 0.1) is 11.8 Å². The van der Waals surface area contributed by atoms with Crippen molar-refractivity contribution in [2.45, 2.75) is 75.8 Å². The maximum Gasteiger partial charge on any atom is 0.522 e. The van der Waals surface area contributed by atoms with Crippen LogP contribution in [0.15, 0.2) is 12.3 Å². The molecule has 0 aromatic carbocycles. The van der Waals surface area contributed by atoms with Crippen molar-refractivity contribution >= 4 is 11.7 Å². The molecule has 1 amide bonds. The molecule has 1 aromatic rings. The normalized spacial score (nSPS) is 32.2. The van der Waals surface area contributed by atoms with Gasteiger partial charge in [0.1, 0.15) is 5.82 Å². The largest absolute Gasteiger partial charge is 0.522 e. The average Bonchev–Trinajstić information content (AvgIpc) is 3.27. The van der Waals surface area contributed by atoms with Gasteiger partial charge in [-0.2, -0.15) is 0 Å². The summed E-state index contributed by atoms with van der Waals surface area (Å²) in [5.74, 6) is 0.819. The number of alkyl halides is 3. The molecule has 3 fully saturated rings. The monoisotopic (exact) mass is 482 g/mol. The van der Waals surface area contributed by atoms with Crippen LogP contribution >= 0.6 is 0 Å². The number of halogens is 3. The summed E-state index contributed by atoms with van der Waals surface area (Å²) in [4.78, 5) is 19.6. The molecule has 2 N–H and O–H groups in total. The number of fused-ring (bicyclic) bond motifs is 1. The van der Waals surface area contributed by atoms with E-state index in [4.69, 9.17) is 4.74 Å². The molecule has 1 aromatic heterocycles. The number of hydrazine groups is 1. The second kappa shape index (κ2) is 9.99. The van der Waals surface area contributed by atoms with Crippen LogP contribution in [0.3, 0.4) is 0 Å². The molecule has 0 spiro atoms. The van der Waals surface area contributed by atoms with Crippen LogP contribution in [-0.4, -0.2) is 54.6 Å². The molecule has 3 heterocycles. The van der Waals surface area contributed by atoms with Crippen molar-refractivity contribution in [1.82, 2.24) is 15.3 Å². The van der Waals surface area contributed by atoms with Crippen molar-refractivity contribution in [2.75, 3.05) is 31.7 Å². The molecule has 2 aliphatic heterocycles. The maximum absolute atomic E-state index is 13.1. The zero-order chi connectivity index (χ0) is 23.7. The summed E-state index contributed by atoms with van der Waals surface area (Å²) in [5, 5.41) is 0. The van der Waals surface area contributed by atoms with E-state index in [1.807, 2.05) is 11.1 Å². The fourth-order valence-corrected chi connectivity index (χ4v) is 6.21. The zero-order valence-corrected chi connectivity index (χ0v) is 19.3. The third-order valence-electron chi connectivity index (χ3n) is 7.90. The standard InChI is InChI=1S/C24H33F3N4O3/c25-24(26,27)34-20-7-2-1-6-18(20)21-19-13-17(14-28-22(19)30-29-21)15-4-3-5-16(12-15)23(32)31-8-10-33-11-9-31/h13-16,18,20-21,29H,1-12H2,(H,28,30). The van der Waals surface area contributed by atoms with Crippen LogP contribution < -0.4 is 10.9 Å². The third kappa shape index (κ3) is 5.18. The van der Waals surface area contributed by atoms with E-state index in [2.05, 4.69) is 26.6 Å². The summed E-state index contributed by atoms with van der Waals surface area (Å²) < 4.78 is 49.0. The summed E-state index contributed by atoms with van der Waals surface area (Å²) in [5.41, 5.74) is 8.21. The molecule has 34 heavy (non-hydrogen) atoms. The molecule has 2 saturated carbocycles. The van der Waals surface area contributed by atoms with Crippen LogP contribution in [0.1, 0.15) is 74.5 Å².